The van der Waals surface area contributed by atoms with Crippen molar-refractivity contribution in [2.24, 2.45) is 5.73 Å². The molecule has 1 fully saturated rings. The monoisotopic (exact) mass is 290 g/mol. The van der Waals surface area contributed by atoms with Gasteiger partial charge in [0.15, 0.2) is 0 Å². The van der Waals surface area contributed by atoms with Gasteiger partial charge in [0, 0.05) is 61.6 Å². The molecule has 106 valence electrons. The van der Waals surface area contributed by atoms with Gasteiger partial charge in [-0.15, -0.1) is 0 Å². The van der Waals surface area contributed by atoms with Crippen LogP contribution in [0.1, 0.15) is 0 Å². The zero-order valence-corrected chi connectivity index (χ0v) is 12.2. The fourth-order valence-corrected chi connectivity index (χ4v) is 2.94. The third-order valence-electron chi connectivity index (χ3n) is 3.84. The molecule has 1 saturated heterocycles. The van der Waals surface area contributed by atoms with Gasteiger partial charge in [-0.05, 0) is 24.3 Å². The van der Waals surface area contributed by atoms with E-state index in [9.17, 15) is 0 Å². The molecular formula is C15H19ClN4. The number of hydrogen-bond acceptors (Lipinski definition) is 4. The van der Waals surface area contributed by atoms with Gasteiger partial charge in [0.1, 0.15) is 0 Å². The molecule has 0 unspecified atom stereocenters. The Bertz CT molecular complexity index is 593. The topological polar surface area (TPSA) is 45.4 Å². The highest BCUT2D eigenvalue weighted by molar-refractivity contribution is 6.31. The fraction of sp³-hybridized carbons (Fsp3) is 0.400. The highest BCUT2D eigenvalue weighted by Crippen LogP contribution is 2.28. The average Bonchev–Trinajstić information content (AvgIpc) is 2.47. The van der Waals surface area contributed by atoms with Gasteiger partial charge >= 0.3 is 0 Å². The minimum absolute atomic E-state index is 0.731. The van der Waals surface area contributed by atoms with Crippen molar-refractivity contribution in [3.05, 3.63) is 35.5 Å². The van der Waals surface area contributed by atoms with Crippen LogP contribution in [0.25, 0.3) is 10.9 Å². The summed E-state index contributed by atoms with van der Waals surface area (Å²) in [4.78, 5) is 9.24. The molecule has 4 nitrogen and oxygen atoms in total. The molecule has 2 N–H and O–H groups in total. The Morgan fingerprint density at radius 1 is 1.15 bits per heavy atom. The van der Waals surface area contributed by atoms with E-state index in [1.165, 1.54) is 11.1 Å². The summed E-state index contributed by atoms with van der Waals surface area (Å²) in [6.45, 7) is 5.91. The van der Waals surface area contributed by atoms with Crippen LogP contribution in [0.15, 0.2) is 30.5 Å². The lowest BCUT2D eigenvalue weighted by Gasteiger charge is -2.36. The van der Waals surface area contributed by atoms with Crippen LogP contribution in [-0.4, -0.2) is 49.2 Å². The van der Waals surface area contributed by atoms with Gasteiger partial charge in [0.05, 0.1) is 5.52 Å². The number of nitrogens with zero attached hydrogens (tertiary/aromatic N) is 3. The molecular weight excluding hydrogens is 272 g/mol. The van der Waals surface area contributed by atoms with Crippen molar-refractivity contribution < 1.29 is 0 Å². The summed E-state index contributed by atoms with van der Waals surface area (Å²) >= 11 is 6.04. The number of pyridine rings is 1. The summed E-state index contributed by atoms with van der Waals surface area (Å²) in [5.41, 5.74) is 7.82. The van der Waals surface area contributed by atoms with Crippen LogP contribution in [0.4, 0.5) is 5.69 Å². The van der Waals surface area contributed by atoms with E-state index in [0.717, 1.165) is 49.8 Å². The van der Waals surface area contributed by atoms with E-state index in [4.69, 9.17) is 17.3 Å². The van der Waals surface area contributed by atoms with E-state index in [0.29, 0.717) is 0 Å². The predicted octanol–water partition coefficient (Wildman–Crippen LogP) is 1.97. The molecule has 0 aliphatic carbocycles. The maximum Gasteiger partial charge on any atom is 0.0737 e. The Balaban J connectivity index is 1.84. The normalized spacial score (nSPS) is 16.8. The van der Waals surface area contributed by atoms with E-state index in [1.54, 1.807) is 0 Å². The summed E-state index contributed by atoms with van der Waals surface area (Å²) in [6.07, 6.45) is 1.86. The van der Waals surface area contributed by atoms with Crippen molar-refractivity contribution in [1.29, 1.82) is 0 Å². The van der Waals surface area contributed by atoms with Crippen LogP contribution in [0.5, 0.6) is 0 Å². The summed E-state index contributed by atoms with van der Waals surface area (Å²) in [7, 11) is 0. The van der Waals surface area contributed by atoms with Crippen molar-refractivity contribution in [2.45, 2.75) is 0 Å². The zero-order chi connectivity index (χ0) is 13.9. The number of nitrogens with two attached hydrogens (primary N) is 1. The number of benzene rings is 1. The molecule has 0 atom stereocenters. The molecule has 3 rings (SSSR count). The van der Waals surface area contributed by atoms with Gasteiger partial charge in [0.25, 0.3) is 0 Å². The molecule has 0 saturated carbocycles. The molecule has 1 aliphatic heterocycles. The number of piperazine rings is 1. The van der Waals surface area contributed by atoms with E-state index in [2.05, 4.69) is 26.9 Å². The van der Waals surface area contributed by atoms with Gasteiger partial charge in [-0.25, -0.2) is 0 Å². The van der Waals surface area contributed by atoms with E-state index >= 15 is 0 Å². The minimum atomic E-state index is 0.731. The number of fused-ring (bicyclic) bond motifs is 1. The maximum absolute atomic E-state index is 6.04. The van der Waals surface area contributed by atoms with Crippen LogP contribution >= 0.6 is 11.6 Å². The van der Waals surface area contributed by atoms with Crippen LogP contribution in [0.3, 0.4) is 0 Å². The summed E-state index contributed by atoms with van der Waals surface area (Å²) in [6, 6.07) is 8.01. The van der Waals surface area contributed by atoms with Gasteiger partial charge in [-0.1, -0.05) is 11.6 Å². The van der Waals surface area contributed by atoms with Gasteiger partial charge < -0.3 is 10.6 Å². The number of hydrogen-bond donors (Lipinski definition) is 1. The van der Waals surface area contributed by atoms with Crippen LogP contribution < -0.4 is 10.6 Å². The Labute approximate surface area is 124 Å². The van der Waals surface area contributed by atoms with Crippen molar-refractivity contribution in [1.82, 2.24) is 9.88 Å². The Hall–Kier alpha value is -1.36. The first-order chi connectivity index (χ1) is 9.78. The third-order valence-corrected chi connectivity index (χ3v) is 4.08. The molecule has 2 heterocycles. The number of rotatable bonds is 3. The molecule has 5 heteroatoms. The predicted molar refractivity (Wildman–Crippen MR) is 84.5 cm³/mol. The second-order valence-electron chi connectivity index (χ2n) is 5.11. The largest absolute Gasteiger partial charge is 0.368 e. The van der Waals surface area contributed by atoms with Gasteiger partial charge in [-0.3, -0.25) is 9.88 Å². The lowest BCUT2D eigenvalue weighted by Crippen LogP contribution is -2.47. The van der Waals surface area contributed by atoms with Crippen molar-refractivity contribution in [2.75, 3.05) is 44.2 Å². The maximum atomic E-state index is 6.04. The Kier molecular flexibility index (Phi) is 4.05. The van der Waals surface area contributed by atoms with Crippen LogP contribution in [-0.2, 0) is 0 Å². The second-order valence-corrected chi connectivity index (χ2v) is 5.55. The standard InChI is InChI=1S/C15H19ClN4/c16-12-1-2-13-14(11-12)18-5-3-15(13)20-9-7-19(6-4-17)8-10-20/h1-3,5,11H,4,6-10,17H2. The van der Waals surface area contributed by atoms with Gasteiger partial charge in [0.2, 0.25) is 0 Å². The molecule has 0 radical (unpaired) electrons. The third kappa shape index (κ3) is 2.73. The highest BCUT2D eigenvalue weighted by Gasteiger charge is 2.18. The molecule has 0 bridgehead atoms. The highest BCUT2D eigenvalue weighted by atomic mass is 35.5. The lowest BCUT2D eigenvalue weighted by atomic mass is 10.1. The lowest BCUT2D eigenvalue weighted by molar-refractivity contribution is 0.265. The first-order valence-corrected chi connectivity index (χ1v) is 7.37. The summed E-state index contributed by atoms with van der Waals surface area (Å²) in [5.74, 6) is 0. The molecule has 2 aromatic rings. The fourth-order valence-electron chi connectivity index (χ4n) is 2.78. The summed E-state index contributed by atoms with van der Waals surface area (Å²) in [5, 5.41) is 1.90. The molecule has 0 amide bonds. The molecule has 0 spiro atoms. The van der Waals surface area contributed by atoms with Crippen LogP contribution in [0, 0.1) is 0 Å². The van der Waals surface area contributed by atoms with Crippen molar-refractivity contribution >= 4 is 28.2 Å². The number of aromatic nitrogens is 1. The average molecular weight is 291 g/mol. The minimum Gasteiger partial charge on any atom is -0.368 e. The molecule has 1 aromatic carbocycles. The second kappa shape index (κ2) is 5.95. The summed E-state index contributed by atoms with van der Waals surface area (Å²) < 4.78 is 0. The SMILES string of the molecule is NCCN1CCN(c2ccnc3cc(Cl)ccc23)CC1. The quantitative estimate of drug-likeness (QED) is 0.939. The van der Waals surface area contributed by atoms with E-state index < -0.39 is 0 Å². The molecule has 20 heavy (non-hydrogen) atoms. The first-order valence-electron chi connectivity index (χ1n) is 6.99. The van der Waals surface area contributed by atoms with Crippen LogP contribution in [0.2, 0.25) is 5.02 Å². The van der Waals surface area contributed by atoms with Crippen molar-refractivity contribution in [3.8, 4) is 0 Å². The van der Waals surface area contributed by atoms with Gasteiger partial charge in [-0.2, -0.15) is 0 Å². The van der Waals surface area contributed by atoms with Crippen molar-refractivity contribution in [3.63, 3.8) is 0 Å². The number of anilines is 1. The smallest absolute Gasteiger partial charge is 0.0737 e. The zero-order valence-electron chi connectivity index (χ0n) is 11.4. The molecule has 1 aliphatic rings. The Morgan fingerprint density at radius 3 is 2.70 bits per heavy atom. The number of halogens is 1. The Morgan fingerprint density at radius 2 is 1.95 bits per heavy atom. The first kappa shape index (κ1) is 13.6. The molecule has 1 aromatic heterocycles. The van der Waals surface area contributed by atoms with E-state index in [-0.39, 0.29) is 0 Å². The van der Waals surface area contributed by atoms with E-state index in [1.807, 2.05) is 18.3 Å².